The van der Waals surface area contributed by atoms with E-state index >= 15 is 0 Å². The minimum atomic E-state index is -0.206. The van der Waals surface area contributed by atoms with Crippen LogP contribution in [0.4, 0.5) is 0 Å². The van der Waals surface area contributed by atoms with Crippen LogP contribution in [0.25, 0.3) is 5.57 Å². The molecule has 0 aliphatic carbocycles. The Balaban J connectivity index is 2.31. The fourth-order valence-corrected chi connectivity index (χ4v) is 2.40. The average Bonchev–Trinajstić information content (AvgIpc) is 2.39. The Hall–Kier alpha value is -1.82. The smallest absolute Gasteiger partial charge is 0.0110 e. The van der Waals surface area contributed by atoms with Crippen LogP contribution in [0.3, 0.4) is 0 Å². The number of hydrogen-bond acceptors (Lipinski definition) is 0. The van der Waals surface area contributed by atoms with Gasteiger partial charge >= 0.3 is 0 Å². The molecule has 1 unspecified atom stereocenters. The molecule has 1 radical (unpaired) electrons. The van der Waals surface area contributed by atoms with Gasteiger partial charge in [0.1, 0.15) is 0 Å². The second-order valence-electron chi connectivity index (χ2n) is 5.98. The zero-order valence-electron chi connectivity index (χ0n) is 12.9. The fourth-order valence-electron chi connectivity index (χ4n) is 2.40. The Morgan fingerprint density at radius 3 is 1.85 bits per heavy atom. The molecule has 2 aromatic carbocycles. The molecular formula is C20H23. The van der Waals surface area contributed by atoms with Crippen LogP contribution in [0.5, 0.6) is 0 Å². The maximum Gasteiger partial charge on any atom is 0.0110 e. The highest BCUT2D eigenvalue weighted by Gasteiger charge is 2.18. The van der Waals surface area contributed by atoms with Gasteiger partial charge in [-0.2, -0.15) is 0 Å². The standard InChI is InChI=1S/C20H23/c1-15-6-10-18(11-7-15)17(3)14-20(4,5)19-12-8-16(2)9-13-19/h6-14H,4H2,1-3,5H3/b17-14-. The Morgan fingerprint density at radius 1 is 0.900 bits per heavy atom. The topological polar surface area (TPSA) is 0 Å². The van der Waals surface area contributed by atoms with Crippen molar-refractivity contribution < 1.29 is 0 Å². The van der Waals surface area contributed by atoms with E-state index in [1.54, 1.807) is 0 Å². The lowest BCUT2D eigenvalue weighted by molar-refractivity contribution is 0.753. The molecule has 20 heavy (non-hydrogen) atoms. The molecular weight excluding hydrogens is 240 g/mol. The predicted molar refractivity (Wildman–Crippen MR) is 88.7 cm³/mol. The first-order valence-corrected chi connectivity index (χ1v) is 7.07. The molecule has 0 aliphatic rings. The molecule has 0 bridgehead atoms. The molecule has 0 aliphatic heterocycles. The molecule has 0 saturated carbocycles. The zero-order chi connectivity index (χ0) is 14.8. The van der Waals surface area contributed by atoms with Crippen molar-refractivity contribution in [1.82, 2.24) is 0 Å². The Morgan fingerprint density at radius 2 is 1.35 bits per heavy atom. The summed E-state index contributed by atoms with van der Waals surface area (Å²) in [4.78, 5) is 0. The number of benzene rings is 2. The second-order valence-corrected chi connectivity index (χ2v) is 5.98. The maximum absolute atomic E-state index is 4.38. The molecule has 0 spiro atoms. The third-order valence-electron chi connectivity index (χ3n) is 3.75. The summed E-state index contributed by atoms with van der Waals surface area (Å²) in [6.45, 7) is 12.9. The van der Waals surface area contributed by atoms with Crippen LogP contribution in [-0.2, 0) is 5.41 Å². The third kappa shape index (κ3) is 3.39. The minimum absolute atomic E-state index is 0.206. The summed E-state index contributed by atoms with van der Waals surface area (Å²) in [7, 11) is 0. The monoisotopic (exact) mass is 263 g/mol. The van der Waals surface area contributed by atoms with Crippen molar-refractivity contribution in [2.75, 3.05) is 0 Å². The van der Waals surface area contributed by atoms with Crippen LogP contribution >= 0.6 is 0 Å². The molecule has 2 aromatic rings. The van der Waals surface area contributed by atoms with E-state index < -0.39 is 0 Å². The van der Waals surface area contributed by atoms with Gasteiger partial charge in [-0.15, -0.1) is 0 Å². The molecule has 0 amide bonds. The lowest BCUT2D eigenvalue weighted by atomic mass is 9.82. The van der Waals surface area contributed by atoms with Crippen molar-refractivity contribution in [3.05, 3.63) is 83.8 Å². The summed E-state index contributed by atoms with van der Waals surface area (Å²) >= 11 is 0. The van der Waals surface area contributed by atoms with Crippen LogP contribution in [0.2, 0.25) is 0 Å². The van der Waals surface area contributed by atoms with Gasteiger partial charge in [0, 0.05) is 5.41 Å². The Labute approximate surface area is 123 Å². The minimum Gasteiger partial charge on any atom is -0.0707 e. The average molecular weight is 263 g/mol. The molecule has 0 N–H and O–H groups in total. The first-order chi connectivity index (χ1) is 9.38. The quantitative estimate of drug-likeness (QED) is 0.686. The van der Waals surface area contributed by atoms with E-state index in [4.69, 9.17) is 0 Å². The van der Waals surface area contributed by atoms with Gasteiger partial charge in [0.15, 0.2) is 0 Å². The third-order valence-corrected chi connectivity index (χ3v) is 3.75. The summed E-state index contributed by atoms with van der Waals surface area (Å²) in [6.07, 6.45) is 2.25. The molecule has 0 heterocycles. The van der Waals surface area contributed by atoms with Gasteiger partial charge in [-0.1, -0.05) is 72.7 Å². The van der Waals surface area contributed by atoms with Gasteiger partial charge in [-0.25, -0.2) is 0 Å². The van der Waals surface area contributed by atoms with Crippen molar-refractivity contribution in [3.63, 3.8) is 0 Å². The van der Waals surface area contributed by atoms with Crippen LogP contribution in [-0.4, -0.2) is 0 Å². The van der Waals surface area contributed by atoms with Crippen molar-refractivity contribution in [1.29, 1.82) is 0 Å². The second kappa shape index (κ2) is 5.66. The number of hydrogen-bond donors (Lipinski definition) is 0. The summed E-state index contributed by atoms with van der Waals surface area (Å²) in [5, 5.41) is 0. The first-order valence-electron chi connectivity index (χ1n) is 7.07. The van der Waals surface area contributed by atoms with E-state index in [-0.39, 0.29) is 5.41 Å². The van der Waals surface area contributed by atoms with Crippen LogP contribution in [0.1, 0.15) is 36.1 Å². The van der Waals surface area contributed by atoms with Crippen LogP contribution < -0.4 is 0 Å². The maximum atomic E-state index is 4.38. The van der Waals surface area contributed by atoms with E-state index in [0.717, 1.165) is 0 Å². The molecule has 0 nitrogen and oxygen atoms in total. The zero-order valence-corrected chi connectivity index (χ0v) is 12.9. The van der Waals surface area contributed by atoms with Gasteiger partial charge in [-0.3, -0.25) is 0 Å². The highest BCUT2D eigenvalue weighted by atomic mass is 14.2. The summed E-state index contributed by atoms with van der Waals surface area (Å²) in [6, 6.07) is 17.3. The summed E-state index contributed by atoms with van der Waals surface area (Å²) in [5.41, 5.74) is 6.14. The van der Waals surface area contributed by atoms with Crippen LogP contribution in [0.15, 0.2) is 54.6 Å². The molecule has 0 aromatic heterocycles. The highest BCUT2D eigenvalue weighted by molar-refractivity contribution is 5.66. The van der Waals surface area contributed by atoms with Crippen molar-refractivity contribution >= 4 is 5.57 Å². The SMILES string of the molecule is [CH2]C(C)(/C=C(/C)c1ccc(C)cc1)c1ccc(C)cc1. The van der Waals surface area contributed by atoms with Gasteiger partial charge in [0.2, 0.25) is 0 Å². The van der Waals surface area contributed by atoms with E-state index in [1.807, 2.05) is 0 Å². The lowest BCUT2D eigenvalue weighted by Gasteiger charge is -2.22. The molecule has 0 heteroatoms. The Bertz CT molecular complexity index is 595. The molecule has 1 atom stereocenters. The number of aryl methyl sites for hydroxylation is 2. The molecule has 0 saturated heterocycles. The van der Waals surface area contributed by atoms with Gasteiger partial charge < -0.3 is 0 Å². The summed E-state index contributed by atoms with van der Waals surface area (Å²) < 4.78 is 0. The van der Waals surface area contributed by atoms with Gasteiger partial charge in [0.25, 0.3) is 0 Å². The normalized spacial score (nSPS) is 12.6. The molecule has 2 rings (SSSR count). The largest absolute Gasteiger partial charge is 0.0707 e. The molecule has 103 valence electrons. The van der Waals surface area contributed by atoms with E-state index in [1.165, 1.54) is 27.8 Å². The van der Waals surface area contributed by atoms with Crippen molar-refractivity contribution in [2.24, 2.45) is 0 Å². The fraction of sp³-hybridized carbons (Fsp3) is 0.250. The van der Waals surface area contributed by atoms with Gasteiger partial charge in [0.05, 0.1) is 0 Å². The van der Waals surface area contributed by atoms with Crippen molar-refractivity contribution in [3.8, 4) is 0 Å². The summed E-state index contributed by atoms with van der Waals surface area (Å²) in [5.74, 6) is 0. The highest BCUT2D eigenvalue weighted by Crippen LogP contribution is 2.28. The number of rotatable bonds is 3. The van der Waals surface area contributed by atoms with E-state index in [2.05, 4.69) is 89.2 Å². The van der Waals surface area contributed by atoms with E-state index in [9.17, 15) is 0 Å². The number of allylic oxidation sites excluding steroid dienone is 2. The van der Waals surface area contributed by atoms with Crippen molar-refractivity contribution in [2.45, 2.75) is 33.1 Å². The first kappa shape index (κ1) is 14.6. The van der Waals surface area contributed by atoms with Gasteiger partial charge in [-0.05, 0) is 44.4 Å². The van der Waals surface area contributed by atoms with Crippen LogP contribution in [0, 0.1) is 20.8 Å². The predicted octanol–water partition coefficient (Wildman–Crippen LogP) is 5.50. The lowest BCUT2D eigenvalue weighted by Crippen LogP contribution is -2.14. The molecule has 0 fully saturated rings. The van der Waals surface area contributed by atoms with E-state index in [0.29, 0.717) is 0 Å². The Kier molecular flexibility index (Phi) is 4.13.